The third kappa shape index (κ3) is 2.83. The van der Waals surface area contributed by atoms with Crippen LogP contribution in [-0.4, -0.2) is 7.11 Å². The number of rotatable bonds is 4. The van der Waals surface area contributed by atoms with E-state index in [4.69, 9.17) is 4.74 Å². The Morgan fingerprint density at radius 1 is 1.00 bits per heavy atom. The fraction of sp³-hybridized carbons (Fsp3) is 0.250. The van der Waals surface area contributed by atoms with Crippen molar-refractivity contribution in [3.63, 3.8) is 0 Å². The average Bonchev–Trinajstić information content (AvgIpc) is 2.41. The molecule has 0 aliphatic heterocycles. The van der Waals surface area contributed by atoms with Crippen LogP contribution < -0.4 is 10.1 Å². The lowest BCUT2D eigenvalue weighted by molar-refractivity contribution is 0.408. The molecule has 0 aliphatic carbocycles. The molecule has 2 aromatic carbocycles. The van der Waals surface area contributed by atoms with Crippen LogP contribution in [0, 0.1) is 6.92 Å². The van der Waals surface area contributed by atoms with E-state index in [1.807, 2.05) is 18.2 Å². The van der Waals surface area contributed by atoms with Crippen molar-refractivity contribution < 1.29 is 4.74 Å². The fourth-order valence-corrected chi connectivity index (χ4v) is 2.00. The summed E-state index contributed by atoms with van der Waals surface area (Å²) >= 11 is 0. The molecule has 0 fully saturated rings. The molecule has 2 rings (SSSR count). The number of para-hydroxylation sites is 1. The fourth-order valence-electron chi connectivity index (χ4n) is 2.00. The van der Waals surface area contributed by atoms with Crippen LogP contribution in [-0.2, 0) is 0 Å². The summed E-state index contributed by atoms with van der Waals surface area (Å²) in [5.74, 6) is 0.921. The summed E-state index contributed by atoms with van der Waals surface area (Å²) in [5.41, 5.74) is 3.56. The van der Waals surface area contributed by atoms with Crippen LogP contribution in [0.4, 0.5) is 5.69 Å². The third-order valence-corrected chi connectivity index (χ3v) is 3.04. The lowest BCUT2D eigenvalue weighted by atomic mass is 10.1. The molecule has 1 N–H and O–H groups in total. The predicted molar refractivity (Wildman–Crippen MR) is 76.2 cm³/mol. The van der Waals surface area contributed by atoms with Gasteiger partial charge in [-0.2, -0.15) is 0 Å². The second-order valence-corrected chi connectivity index (χ2v) is 4.47. The second kappa shape index (κ2) is 5.58. The SMILES string of the molecule is COc1ccccc1C(C)Nc1ccc(C)cc1. The monoisotopic (exact) mass is 241 g/mol. The molecule has 1 unspecified atom stereocenters. The Kier molecular flexibility index (Phi) is 3.88. The first kappa shape index (κ1) is 12.5. The number of ether oxygens (including phenoxy) is 1. The number of benzene rings is 2. The highest BCUT2D eigenvalue weighted by Crippen LogP contribution is 2.27. The van der Waals surface area contributed by atoms with Crippen LogP contribution in [0.1, 0.15) is 24.1 Å². The van der Waals surface area contributed by atoms with Gasteiger partial charge in [0.05, 0.1) is 13.2 Å². The lowest BCUT2D eigenvalue weighted by Crippen LogP contribution is -2.07. The number of aryl methyl sites for hydroxylation is 1. The molecule has 2 aromatic rings. The van der Waals surface area contributed by atoms with Crippen molar-refractivity contribution in [1.29, 1.82) is 0 Å². The number of hydrogen-bond acceptors (Lipinski definition) is 2. The van der Waals surface area contributed by atoms with Gasteiger partial charge < -0.3 is 10.1 Å². The molecule has 0 aliphatic rings. The summed E-state index contributed by atoms with van der Waals surface area (Å²) in [5, 5.41) is 3.48. The van der Waals surface area contributed by atoms with E-state index >= 15 is 0 Å². The van der Waals surface area contributed by atoms with Crippen LogP contribution in [0.15, 0.2) is 48.5 Å². The van der Waals surface area contributed by atoms with Crippen molar-refractivity contribution in [1.82, 2.24) is 0 Å². The molecule has 18 heavy (non-hydrogen) atoms. The maximum atomic E-state index is 5.38. The molecule has 0 saturated carbocycles. The lowest BCUT2D eigenvalue weighted by Gasteiger charge is -2.18. The average molecular weight is 241 g/mol. The molecular formula is C16H19NO. The molecule has 1 atom stereocenters. The van der Waals surface area contributed by atoms with Gasteiger partial charge in [0.2, 0.25) is 0 Å². The maximum Gasteiger partial charge on any atom is 0.124 e. The van der Waals surface area contributed by atoms with Crippen molar-refractivity contribution in [2.45, 2.75) is 19.9 Å². The van der Waals surface area contributed by atoms with Gasteiger partial charge in [-0.1, -0.05) is 35.9 Å². The third-order valence-electron chi connectivity index (χ3n) is 3.04. The van der Waals surface area contributed by atoms with Crippen molar-refractivity contribution >= 4 is 5.69 Å². The zero-order chi connectivity index (χ0) is 13.0. The summed E-state index contributed by atoms with van der Waals surface area (Å²) in [6.45, 7) is 4.23. The molecule has 0 radical (unpaired) electrons. The van der Waals surface area contributed by atoms with Crippen molar-refractivity contribution in [2.75, 3.05) is 12.4 Å². The summed E-state index contributed by atoms with van der Waals surface area (Å²) in [7, 11) is 1.71. The first-order valence-corrected chi connectivity index (χ1v) is 6.17. The molecule has 2 heteroatoms. The Labute approximate surface area is 109 Å². The van der Waals surface area contributed by atoms with Crippen molar-refractivity contribution in [3.05, 3.63) is 59.7 Å². The topological polar surface area (TPSA) is 21.3 Å². The Bertz CT molecular complexity index is 505. The summed E-state index contributed by atoms with van der Waals surface area (Å²) in [4.78, 5) is 0. The van der Waals surface area contributed by atoms with Crippen LogP contribution in [0.25, 0.3) is 0 Å². The molecule has 0 saturated heterocycles. The zero-order valence-corrected chi connectivity index (χ0v) is 11.1. The van der Waals surface area contributed by atoms with Gasteiger partial charge in [-0.25, -0.2) is 0 Å². The van der Waals surface area contributed by atoms with Gasteiger partial charge >= 0.3 is 0 Å². The molecule has 94 valence electrons. The van der Waals surface area contributed by atoms with E-state index in [1.54, 1.807) is 7.11 Å². The van der Waals surface area contributed by atoms with E-state index in [2.05, 4.69) is 49.5 Å². The maximum absolute atomic E-state index is 5.38. The minimum absolute atomic E-state index is 0.212. The highest BCUT2D eigenvalue weighted by molar-refractivity contribution is 5.48. The van der Waals surface area contributed by atoms with Crippen LogP contribution in [0.2, 0.25) is 0 Å². The predicted octanol–water partition coefficient (Wildman–Crippen LogP) is 4.18. The van der Waals surface area contributed by atoms with Gasteiger partial charge in [0.15, 0.2) is 0 Å². The number of anilines is 1. The van der Waals surface area contributed by atoms with Crippen LogP contribution >= 0.6 is 0 Å². The molecule has 0 amide bonds. The molecule has 0 bridgehead atoms. The van der Waals surface area contributed by atoms with E-state index in [1.165, 1.54) is 11.1 Å². The summed E-state index contributed by atoms with van der Waals surface area (Å²) in [6.07, 6.45) is 0. The molecule has 2 nitrogen and oxygen atoms in total. The molecular weight excluding hydrogens is 222 g/mol. The standard InChI is InChI=1S/C16H19NO/c1-12-8-10-14(11-9-12)17-13(2)15-6-4-5-7-16(15)18-3/h4-11,13,17H,1-3H3. The van der Waals surface area contributed by atoms with Gasteiger partial charge in [0, 0.05) is 11.3 Å². The van der Waals surface area contributed by atoms with Crippen molar-refractivity contribution in [2.24, 2.45) is 0 Å². The Balaban J connectivity index is 2.16. The molecule has 0 spiro atoms. The van der Waals surface area contributed by atoms with Gasteiger partial charge in [-0.05, 0) is 32.0 Å². The zero-order valence-electron chi connectivity index (χ0n) is 11.1. The largest absolute Gasteiger partial charge is 0.496 e. The van der Waals surface area contributed by atoms with E-state index in [0.29, 0.717) is 0 Å². The molecule has 0 heterocycles. The van der Waals surface area contributed by atoms with Gasteiger partial charge in [-0.3, -0.25) is 0 Å². The number of methoxy groups -OCH3 is 1. The van der Waals surface area contributed by atoms with Crippen LogP contribution in [0.5, 0.6) is 5.75 Å². The van der Waals surface area contributed by atoms with Crippen LogP contribution in [0.3, 0.4) is 0 Å². The number of nitrogens with one attached hydrogen (secondary N) is 1. The second-order valence-electron chi connectivity index (χ2n) is 4.47. The first-order valence-electron chi connectivity index (χ1n) is 6.17. The van der Waals surface area contributed by atoms with E-state index in [9.17, 15) is 0 Å². The minimum Gasteiger partial charge on any atom is -0.496 e. The molecule has 0 aromatic heterocycles. The highest BCUT2D eigenvalue weighted by atomic mass is 16.5. The first-order chi connectivity index (χ1) is 8.70. The summed E-state index contributed by atoms with van der Waals surface area (Å²) in [6, 6.07) is 16.7. The van der Waals surface area contributed by atoms with Gasteiger partial charge in [0.1, 0.15) is 5.75 Å². The normalized spacial score (nSPS) is 11.9. The van der Waals surface area contributed by atoms with Gasteiger partial charge in [-0.15, -0.1) is 0 Å². The smallest absolute Gasteiger partial charge is 0.124 e. The Morgan fingerprint density at radius 2 is 1.67 bits per heavy atom. The van der Waals surface area contributed by atoms with E-state index in [0.717, 1.165) is 11.4 Å². The highest BCUT2D eigenvalue weighted by Gasteiger charge is 2.10. The van der Waals surface area contributed by atoms with E-state index in [-0.39, 0.29) is 6.04 Å². The van der Waals surface area contributed by atoms with Crippen molar-refractivity contribution in [3.8, 4) is 5.75 Å². The number of hydrogen-bond donors (Lipinski definition) is 1. The Hall–Kier alpha value is -1.96. The minimum atomic E-state index is 0.212. The Morgan fingerprint density at radius 3 is 2.33 bits per heavy atom. The van der Waals surface area contributed by atoms with Gasteiger partial charge in [0.25, 0.3) is 0 Å². The summed E-state index contributed by atoms with van der Waals surface area (Å²) < 4.78 is 5.38. The van der Waals surface area contributed by atoms with E-state index < -0.39 is 0 Å². The quantitative estimate of drug-likeness (QED) is 0.867.